The highest BCUT2D eigenvalue weighted by Crippen LogP contribution is 2.45. The van der Waals surface area contributed by atoms with Gasteiger partial charge in [0.25, 0.3) is 0 Å². The maximum Gasteiger partial charge on any atom is 0.229 e. The van der Waals surface area contributed by atoms with Gasteiger partial charge in [-0.1, -0.05) is 29.8 Å². The number of aliphatic hydroxyl groups excluding tert-OH is 1. The standard InChI is InChI=1S/C23H26ClN5O2/c24-18-11-26-23(27-16-6-3-12-4-7-17(30)8-5-13(12)10-16)29-22(18)28-20-15-2-1-14(9-15)19(20)21(25)31/h1-3,6,10-11,14-15,17,19-20,30H,4-5,7-9H2,(H2,25,31)(H2,26,27,28,29)/t14-,15+,17?,19+,20-/m1/s1. The molecule has 1 heterocycles. The lowest BCUT2D eigenvalue weighted by molar-refractivity contribution is -0.122. The fourth-order valence-electron chi connectivity index (χ4n) is 5.19. The number of nitrogens with zero attached hydrogens (tertiary/aromatic N) is 2. The highest BCUT2D eigenvalue weighted by atomic mass is 35.5. The number of fused-ring (bicyclic) bond motifs is 3. The van der Waals surface area contributed by atoms with Crippen molar-refractivity contribution in [1.29, 1.82) is 0 Å². The Bertz CT molecular complexity index is 1040. The van der Waals surface area contributed by atoms with Crippen molar-refractivity contribution >= 4 is 35.0 Å². The van der Waals surface area contributed by atoms with Crippen LogP contribution in [0, 0.1) is 17.8 Å². The van der Waals surface area contributed by atoms with Crippen LogP contribution < -0.4 is 16.4 Å². The van der Waals surface area contributed by atoms with Gasteiger partial charge >= 0.3 is 0 Å². The first-order valence-corrected chi connectivity index (χ1v) is 11.2. The molecule has 2 aromatic rings. The Labute approximate surface area is 186 Å². The van der Waals surface area contributed by atoms with Crippen LogP contribution in [0.2, 0.25) is 5.02 Å². The van der Waals surface area contributed by atoms with Crippen LogP contribution in [0.15, 0.2) is 36.5 Å². The van der Waals surface area contributed by atoms with Gasteiger partial charge in [-0.3, -0.25) is 4.79 Å². The summed E-state index contributed by atoms with van der Waals surface area (Å²) in [6, 6.07) is 6.09. The minimum absolute atomic E-state index is 0.119. The van der Waals surface area contributed by atoms with Crippen LogP contribution in [0.1, 0.15) is 30.4 Å². The van der Waals surface area contributed by atoms with Crippen molar-refractivity contribution in [3.63, 3.8) is 0 Å². The molecular formula is C23H26ClN5O2. The topological polar surface area (TPSA) is 113 Å². The quantitative estimate of drug-likeness (QED) is 0.420. The van der Waals surface area contributed by atoms with E-state index in [4.69, 9.17) is 17.3 Å². The van der Waals surface area contributed by atoms with Gasteiger partial charge in [-0.2, -0.15) is 4.98 Å². The number of nitrogens with one attached hydrogen (secondary N) is 2. The van der Waals surface area contributed by atoms with Crippen molar-refractivity contribution in [1.82, 2.24) is 9.97 Å². The molecule has 7 nitrogen and oxygen atoms in total. The summed E-state index contributed by atoms with van der Waals surface area (Å²) >= 11 is 6.36. The van der Waals surface area contributed by atoms with Crippen molar-refractivity contribution in [2.75, 3.05) is 10.6 Å². The molecule has 0 spiro atoms. The van der Waals surface area contributed by atoms with Gasteiger partial charge < -0.3 is 21.5 Å². The van der Waals surface area contributed by atoms with Gasteiger partial charge in [0.05, 0.1) is 18.2 Å². The number of halogens is 1. The number of amides is 1. The summed E-state index contributed by atoms with van der Waals surface area (Å²) in [5.74, 6) is 0.774. The third-order valence-corrected chi connectivity index (χ3v) is 7.07. The van der Waals surface area contributed by atoms with E-state index >= 15 is 0 Å². The number of allylic oxidation sites excluding steroid dienone is 1. The number of hydrogen-bond acceptors (Lipinski definition) is 6. The van der Waals surface area contributed by atoms with Gasteiger partial charge in [0.15, 0.2) is 5.82 Å². The molecule has 5 atom stereocenters. The number of benzene rings is 1. The number of nitrogens with two attached hydrogens (primary N) is 1. The fourth-order valence-corrected chi connectivity index (χ4v) is 5.34. The molecule has 8 heteroatoms. The number of rotatable bonds is 5. The van der Waals surface area contributed by atoms with Gasteiger partial charge in [-0.05, 0) is 67.2 Å². The molecule has 5 rings (SSSR count). The minimum atomic E-state index is -0.298. The normalized spacial score (nSPS) is 28.8. The summed E-state index contributed by atoms with van der Waals surface area (Å²) in [6.07, 6.45) is 9.80. The number of hydrogen-bond donors (Lipinski definition) is 4. The molecule has 1 fully saturated rings. The number of carbonyl (C=O) groups excluding carboxylic acids is 1. The zero-order chi connectivity index (χ0) is 21.5. The number of carbonyl (C=O) groups is 1. The van der Waals surface area contributed by atoms with E-state index < -0.39 is 0 Å². The summed E-state index contributed by atoms with van der Waals surface area (Å²) in [5.41, 5.74) is 9.08. The molecule has 1 aromatic carbocycles. The Kier molecular flexibility index (Phi) is 5.32. The fraction of sp³-hybridized carbons (Fsp3) is 0.435. The van der Waals surface area contributed by atoms with Crippen molar-refractivity contribution in [3.8, 4) is 0 Å². The number of primary amides is 1. The van der Waals surface area contributed by atoms with Crippen LogP contribution in [0.5, 0.6) is 0 Å². The van der Waals surface area contributed by atoms with Crippen LogP contribution in [0.25, 0.3) is 0 Å². The van der Waals surface area contributed by atoms with E-state index in [1.165, 1.54) is 11.1 Å². The Morgan fingerprint density at radius 1 is 1.16 bits per heavy atom. The first-order valence-electron chi connectivity index (χ1n) is 10.8. The lowest BCUT2D eigenvalue weighted by atomic mass is 9.88. The molecule has 162 valence electrons. The third kappa shape index (κ3) is 4.00. The smallest absolute Gasteiger partial charge is 0.229 e. The zero-order valence-corrected chi connectivity index (χ0v) is 17.8. The summed E-state index contributed by atoms with van der Waals surface area (Å²) < 4.78 is 0. The van der Waals surface area contributed by atoms with Gasteiger partial charge in [-0.15, -0.1) is 0 Å². The minimum Gasteiger partial charge on any atom is -0.393 e. The molecule has 1 aromatic heterocycles. The van der Waals surface area contributed by atoms with Crippen molar-refractivity contribution in [2.24, 2.45) is 23.5 Å². The molecule has 2 bridgehead atoms. The van der Waals surface area contributed by atoms with E-state index in [1.54, 1.807) is 6.20 Å². The molecular weight excluding hydrogens is 414 g/mol. The first kappa shape index (κ1) is 20.3. The average molecular weight is 440 g/mol. The van der Waals surface area contributed by atoms with Gasteiger partial charge in [0.2, 0.25) is 11.9 Å². The third-order valence-electron chi connectivity index (χ3n) is 6.79. The van der Waals surface area contributed by atoms with Gasteiger partial charge in [0.1, 0.15) is 5.02 Å². The molecule has 5 N–H and O–H groups in total. The molecule has 31 heavy (non-hydrogen) atoms. The molecule has 1 saturated carbocycles. The van der Waals surface area contributed by atoms with Gasteiger partial charge in [-0.25, -0.2) is 4.98 Å². The highest BCUT2D eigenvalue weighted by molar-refractivity contribution is 6.32. The van der Waals surface area contributed by atoms with Crippen LogP contribution in [-0.2, 0) is 17.6 Å². The van der Waals surface area contributed by atoms with Gasteiger partial charge in [0, 0.05) is 11.7 Å². The van der Waals surface area contributed by atoms with Crippen molar-refractivity contribution in [2.45, 2.75) is 44.2 Å². The van der Waals surface area contributed by atoms with E-state index in [-0.39, 0.29) is 35.8 Å². The average Bonchev–Trinajstić information content (AvgIpc) is 3.30. The lowest BCUT2D eigenvalue weighted by Gasteiger charge is -2.27. The number of aromatic nitrogens is 2. The van der Waals surface area contributed by atoms with Crippen molar-refractivity contribution in [3.05, 3.63) is 52.7 Å². The van der Waals surface area contributed by atoms with Crippen LogP contribution in [0.4, 0.5) is 17.5 Å². The Morgan fingerprint density at radius 2 is 1.94 bits per heavy atom. The van der Waals surface area contributed by atoms with Crippen LogP contribution in [-0.4, -0.2) is 33.1 Å². The SMILES string of the molecule is NC(=O)[C@@H]1[C@H](Nc2nc(Nc3ccc4c(c3)CCC(O)CC4)ncc2Cl)[C@H]2C=C[C@@H]1C2. The summed E-state index contributed by atoms with van der Waals surface area (Å²) in [5, 5.41) is 17.0. The molecule has 3 aliphatic rings. The lowest BCUT2D eigenvalue weighted by Crippen LogP contribution is -2.41. The van der Waals surface area contributed by atoms with E-state index in [0.29, 0.717) is 16.8 Å². The molecule has 1 amide bonds. The predicted molar refractivity (Wildman–Crippen MR) is 120 cm³/mol. The maximum atomic E-state index is 12.0. The molecule has 0 aliphatic heterocycles. The van der Waals surface area contributed by atoms with Crippen molar-refractivity contribution < 1.29 is 9.90 Å². The van der Waals surface area contributed by atoms with Crippen LogP contribution >= 0.6 is 11.6 Å². The van der Waals surface area contributed by atoms with E-state index in [9.17, 15) is 9.90 Å². The highest BCUT2D eigenvalue weighted by Gasteiger charge is 2.47. The second-order valence-electron chi connectivity index (χ2n) is 8.78. The Balaban J connectivity index is 1.35. The van der Waals surface area contributed by atoms with Crippen LogP contribution in [0.3, 0.4) is 0 Å². The summed E-state index contributed by atoms with van der Waals surface area (Å²) in [4.78, 5) is 20.9. The second-order valence-corrected chi connectivity index (χ2v) is 9.18. The monoisotopic (exact) mass is 439 g/mol. The maximum absolute atomic E-state index is 12.0. The molecule has 3 aliphatic carbocycles. The summed E-state index contributed by atoms with van der Waals surface area (Å²) in [6.45, 7) is 0. The first-order chi connectivity index (χ1) is 15.0. The molecule has 1 unspecified atom stereocenters. The van der Waals surface area contributed by atoms with E-state index in [0.717, 1.165) is 37.8 Å². The van der Waals surface area contributed by atoms with E-state index in [1.807, 2.05) is 6.07 Å². The summed E-state index contributed by atoms with van der Waals surface area (Å²) in [7, 11) is 0. The molecule has 0 saturated heterocycles. The number of aryl methyl sites for hydroxylation is 2. The zero-order valence-electron chi connectivity index (χ0n) is 17.1. The predicted octanol–water partition coefficient (Wildman–Crippen LogP) is 3.20. The van der Waals surface area contributed by atoms with E-state index in [2.05, 4.69) is 44.9 Å². The largest absolute Gasteiger partial charge is 0.393 e. The molecule has 0 radical (unpaired) electrons. The number of aliphatic hydroxyl groups is 1. The Hall–Kier alpha value is -2.64. The number of anilines is 3. The second kappa shape index (κ2) is 8.13. The Morgan fingerprint density at radius 3 is 2.74 bits per heavy atom.